The van der Waals surface area contributed by atoms with Gasteiger partial charge in [-0.1, -0.05) is 190 Å². The van der Waals surface area contributed by atoms with Crippen LogP contribution in [0.3, 0.4) is 0 Å². The second-order valence-corrected chi connectivity index (χ2v) is 14.7. The van der Waals surface area contributed by atoms with Crippen molar-refractivity contribution in [3.8, 4) is 0 Å². The van der Waals surface area contributed by atoms with E-state index < -0.39 is 12.1 Å². The van der Waals surface area contributed by atoms with Crippen LogP contribution in [0.15, 0.2) is 60.8 Å². The van der Waals surface area contributed by atoms with Crippen LogP contribution >= 0.6 is 0 Å². The Labute approximate surface area is 317 Å². The summed E-state index contributed by atoms with van der Waals surface area (Å²) in [7, 11) is 0. The fraction of sp³-hybridized carbons (Fsp3) is 0.766. The van der Waals surface area contributed by atoms with Gasteiger partial charge in [-0.15, -0.1) is 0 Å². The van der Waals surface area contributed by atoms with Crippen molar-refractivity contribution >= 4 is 5.91 Å². The zero-order valence-corrected chi connectivity index (χ0v) is 33.9. The molecule has 0 aromatic carbocycles. The van der Waals surface area contributed by atoms with Crippen LogP contribution in [0.25, 0.3) is 0 Å². The average Bonchev–Trinajstić information content (AvgIpc) is 3.13. The molecule has 0 aliphatic rings. The highest BCUT2D eigenvalue weighted by atomic mass is 16.3. The van der Waals surface area contributed by atoms with Gasteiger partial charge >= 0.3 is 0 Å². The smallest absolute Gasteiger partial charge is 0.220 e. The third kappa shape index (κ3) is 39.1. The highest BCUT2D eigenvalue weighted by Gasteiger charge is 2.17. The highest BCUT2D eigenvalue weighted by molar-refractivity contribution is 5.76. The van der Waals surface area contributed by atoms with E-state index in [1.165, 1.54) is 148 Å². The molecule has 0 rings (SSSR count). The molecule has 2 atom stereocenters. The lowest BCUT2D eigenvalue weighted by Gasteiger charge is -2.19. The third-order valence-corrected chi connectivity index (χ3v) is 9.70. The molecular formula is C47H85NO3. The zero-order chi connectivity index (χ0) is 37.1. The maximum absolute atomic E-state index is 12.4. The quantitative estimate of drug-likeness (QED) is 0.0439. The molecule has 0 bridgehead atoms. The zero-order valence-electron chi connectivity index (χ0n) is 33.9. The van der Waals surface area contributed by atoms with Gasteiger partial charge in [0.25, 0.3) is 0 Å². The van der Waals surface area contributed by atoms with Crippen molar-refractivity contribution in [1.82, 2.24) is 5.32 Å². The largest absolute Gasteiger partial charge is 0.394 e. The van der Waals surface area contributed by atoms with Gasteiger partial charge in [0.05, 0.1) is 18.8 Å². The minimum Gasteiger partial charge on any atom is -0.394 e. The van der Waals surface area contributed by atoms with Crippen LogP contribution in [0.5, 0.6) is 0 Å². The molecule has 0 saturated carbocycles. The first-order chi connectivity index (χ1) is 25.2. The molecule has 0 aliphatic heterocycles. The van der Waals surface area contributed by atoms with Crippen molar-refractivity contribution in [2.45, 2.75) is 225 Å². The van der Waals surface area contributed by atoms with E-state index in [4.69, 9.17) is 0 Å². The number of aliphatic hydroxyl groups excluding tert-OH is 2. The van der Waals surface area contributed by atoms with E-state index in [2.05, 4.69) is 67.8 Å². The van der Waals surface area contributed by atoms with Crippen molar-refractivity contribution < 1.29 is 15.0 Å². The fourth-order valence-corrected chi connectivity index (χ4v) is 6.30. The van der Waals surface area contributed by atoms with Gasteiger partial charge in [-0.3, -0.25) is 4.79 Å². The summed E-state index contributed by atoms with van der Waals surface area (Å²) in [5.41, 5.74) is 0. The van der Waals surface area contributed by atoms with E-state index >= 15 is 0 Å². The molecule has 3 N–H and O–H groups in total. The van der Waals surface area contributed by atoms with Crippen molar-refractivity contribution in [2.75, 3.05) is 6.61 Å². The summed E-state index contributed by atoms with van der Waals surface area (Å²) in [5.74, 6) is -0.0841. The number of unbranched alkanes of at least 4 members (excludes halogenated alkanes) is 24. The Bertz CT molecular complexity index is 858. The Kier molecular flexibility index (Phi) is 40.9. The minimum atomic E-state index is -0.873. The predicted octanol–water partition coefficient (Wildman–Crippen LogP) is 13.7. The Morgan fingerprint density at radius 1 is 0.471 bits per heavy atom. The number of aliphatic hydroxyl groups is 2. The van der Waals surface area contributed by atoms with Crippen molar-refractivity contribution in [3.63, 3.8) is 0 Å². The van der Waals surface area contributed by atoms with Crippen LogP contribution in [-0.2, 0) is 4.79 Å². The molecule has 0 saturated heterocycles. The van der Waals surface area contributed by atoms with E-state index in [0.29, 0.717) is 6.42 Å². The second kappa shape index (κ2) is 42.5. The summed E-state index contributed by atoms with van der Waals surface area (Å²) < 4.78 is 0. The summed E-state index contributed by atoms with van der Waals surface area (Å²) in [6.45, 7) is 4.27. The maximum atomic E-state index is 12.4. The SMILES string of the molecule is CCCCCCC/C=C\C/C=C\CCCCCCCCCCCC(=O)NC(CO)C(O)/C=C/CC/C=C/CC/C=C/CCCCCCCCCC. The lowest BCUT2D eigenvalue weighted by molar-refractivity contribution is -0.123. The molecule has 51 heavy (non-hydrogen) atoms. The molecule has 0 aromatic heterocycles. The number of hydrogen-bond donors (Lipinski definition) is 3. The molecule has 0 fully saturated rings. The number of carbonyl (C=O) groups excluding carboxylic acids is 1. The topological polar surface area (TPSA) is 69.6 Å². The van der Waals surface area contributed by atoms with E-state index in [1.807, 2.05) is 6.08 Å². The van der Waals surface area contributed by atoms with Crippen LogP contribution in [0.2, 0.25) is 0 Å². The van der Waals surface area contributed by atoms with E-state index in [1.54, 1.807) is 6.08 Å². The number of hydrogen-bond acceptors (Lipinski definition) is 3. The Morgan fingerprint density at radius 2 is 0.824 bits per heavy atom. The molecule has 0 aromatic rings. The number of nitrogens with one attached hydrogen (secondary N) is 1. The number of carbonyl (C=O) groups is 1. The highest BCUT2D eigenvalue weighted by Crippen LogP contribution is 2.13. The van der Waals surface area contributed by atoms with Crippen molar-refractivity contribution in [1.29, 1.82) is 0 Å². The van der Waals surface area contributed by atoms with Crippen LogP contribution in [0, 0.1) is 0 Å². The molecule has 4 heteroatoms. The van der Waals surface area contributed by atoms with Gasteiger partial charge in [-0.25, -0.2) is 0 Å². The number of allylic oxidation sites excluding steroid dienone is 9. The third-order valence-electron chi connectivity index (χ3n) is 9.70. The van der Waals surface area contributed by atoms with E-state index in [-0.39, 0.29) is 12.5 Å². The maximum Gasteiger partial charge on any atom is 0.220 e. The van der Waals surface area contributed by atoms with Gasteiger partial charge < -0.3 is 15.5 Å². The molecule has 4 nitrogen and oxygen atoms in total. The van der Waals surface area contributed by atoms with Crippen LogP contribution in [-0.4, -0.2) is 34.9 Å². The van der Waals surface area contributed by atoms with Gasteiger partial charge in [-0.05, 0) is 77.0 Å². The van der Waals surface area contributed by atoms with Gasteiger partial charge in [-0.2, -0.15) is 0 Å². The Balaban J connectivity index is 3.66. The first-order valence-electron chi connectivity index (χ1n) is 22.0. The minimum absolute atomic E-state index is 0.0841. The molecule has 0 spiro atoms. The summed E-state index contributed by atoms with van der Waals surface area (Å²) in [6.07, 6.45) is 58.9. The molecule has 1 amide bonds. The fourth-order valence-electron chi connectivity index (χ4n) is 6.30. The molecule has 0 aliphatic carbocycles. The van der Waals surface area contributed by atoms with Gasteiger partial charge in [0, 0.05) is 6.42 Å². The second-order valence-electron chi connectivity index (χ2n) is 14.7. The Hall–Kier alpha value is -1.91. The molecule has 296 valence electrons. The lowest BCUT2D eigenvalue weighted by Crippen LogP contribution is -2.45. The van der Waals surface area contributed by atoms with Crippen LogP contribution in [0.1, 0.15) is 213 Å². The first-order valence-corrected chi connectivity index (χ1v) is 22.0. The monoisotopic (exact) mass is 712 g/mol. The van der Waals surface area contributed by atoms with Crippen molar-refractivity contribution in [3.05, 3.63) is 60.8 Å². The van der Waals surface area contributed by atoms with Crippen LogP contribution in [0.4, 0.5) is 0 Å². The summed E-state index contributed by atoms with van der Waals surface area (Å²) in [6, 6.07) is -0.649. The van der Waals surface area contributed by atoms with E-state index in [0.717, 1.165) is 44.9 Å². The summed E-state index contributed by atoms with van der Waals surface area (Å²) in [5, 5.41) is 23.0. The molecule has 2 unspecified atom stereocenters. The normalized spacial score (nSPS) is 13.6. The van der Waals surface area contributed by atoms with Crippen LogP contribution < -0.4 is 5.32 Å². The molecular weight excluding hydrogens is 627 g/mol. The first kappa shape index (κ1) is 49.1. The summed E-state index contributed by atoms with van der Waals surface area (Å²) >= 11 is 0. The standard InChI is InChI=1S/C47H85NO3/c1-3-5-7-9-11-13-15-17-19-21-23-24-25-27-29-31-33-35-37-39-41-43-47(51)48-45(44-49)46(50)42-40-38-36-34-32-30-28-26-22-20-18-16-14-12-10-8-6-4-2/h15,17,21-23,26,32,34,40,42,45-46,49-50H,3-14,16,18-20,24-25,27-31,33,35-39,41,43-44H2,1-2H3,(H,48,51)/b17-15-,23-21-,26-22+,34-32+,42-40+. The summed E-state index contributed by atoms with van der Waals surface area (Å²) in [4.78, 5) is 12.4. The molecule has 0 heterocycles. The number of rotatable bonds is 39. The Morgan fingerprint density at radius 3 is 1.25 bits per heavy atom. The van der Waals surface area contributed by atoms with Gasteiger partial charge in [0.1, 0.15) is 0 Å². The average molecular weight is 712 g/mol. The van der Waals surface area contributed by atoms with Gasteiger partial charge in [0.2, 0.25) is 5.91 Å². The van der Waals surface area contributed by atoms with Crippen molar-refractivity contribution in [2.24, 2.45) is 0 Å². The van der Waals surface area contributed by atoms with Gasteiger partial charge in [0.15, 0.2) is 0 Å². The predicted molar refractivity (Wildman–Crippen MR) is 225 cm³/mol. The lowest BCUT2D eigenvalue weighted by atomic mass is 10.1. The molecule has 0 radical (unpaired) electrons. The van der Waals surface area contributed by atoms with E-state index in [9.17, 15) is 15.0 Å². The number of amides is 1.